The van der Waals surface area contributed by atoms with E-state index in [-0.39, 0.29) is 0 Å². The van der Waals surface area contributed by atoms with Gasteiger partial charge in [-0.2, -0.15) is 0 Å². The van der Waals surface area contributed by atoms with Crippen LogP contribution in [0.3, 0.4) is 0 Å². The molecule has 0 aromatic heterocycles. The van der Waals surface area contributed by atoms with Crippen LogP contribution in [0.2, 0.25) is 0 Å². The first-order chi connectivity index (χ1) is 6.87. The number of hydrogen-bond acceptors (Lipinski definition) is 2. The van der Waals surface area contributed by atoms with Crippen molar-refractivity contribution in [3.63, 3.8) is 0 Å². The second-order valence-electron chi connectivity index (χ2n) is 5.09. The molecule has 5 heteroatoms. The van der Waals surface area contributed by atoms with Crippen LogP contribution in [0.1, 0.15) is 33.1 Å². The molecule has 0 bridgehead atoms. The summed E-state index contributed by atoms with van der Waals surface area (Å²) >= 11 is 3.57. The lowest BCUT2D eigenvalue weighted by Gasteiger charge is -2.35. The van der Waals surface area contributed by atoms with E-state index >= 15 is 0 Å². The van der Waals surface area contributed by atoms with Gasteiger partial charge in [0.15, 0.2) is 0 Å². The highest BCUT2D eigenvalue weighted by Gasteiger charge is 2.53. The first kappa shape index (κ1) is 11.9. The summed E-state index contributed by atoms with van der Waals surface area (Å²) in [6.07, 6.45) is 2.62. The van der Waals surface area contributed by atoms with Crippen LogP contribution in [0.15, 0.2) is 0 Å². The average Bonchev–Trinajstić information content (AvgIpc) is 2.90. The minimum absolute atomic E-state index is 0.309. The van der Waals surface area contributed by atoms with Crippen LogP contribution in [-0.2, 0) is 10.0 Å². The van der Waals surface area contributed by atoms with Crippen molar-refractivity contribution in [2.45, 2.75) is 42.7 Å². The van der Waals surface area contributed by atoms with Gasteiger partial charge in [0.05, 0.1) is 4.75 Å². The molecule has 2 fully saturated rings. The Balaban J connectivity index is 2.12. The number of rotatable bonds is 2. The summed E-state index contributed by atoms with van der Waals surface area (Å²) in [4.78, 5) is 0.309. The van der Waals surface area contributed by atoms with E-state index in [4.69, 9.17) is 0 Å². The number of alkyl halides is 1. The Morgan fingerprint density at radius 2 is 2.00 bits per heavy atom. The molecule has 0 aromatic carbocycles. The number of piperidine rings is 1. The Bertz CT molecular complexity index is 350. The molecule has 2 rings (SSSR count). The molecule has 3 nitrogen and oxygen atoms in total. The fraction of sp³-hybridized carbons (Fsp3) is 1.00. The fourth-order valence-electron chi connectivity index (χ4n) is 1.96. The van der Waals surface area contributed by atoms with Crippen molar-refractivity contribution in [1.82, 2.24) is 4.31 Å². The monoisotopic (exact) mass is 295 g/mol. The first-order valence-corrected chi connectivity index (χ1v) is 7.86. The summed E-state index contributed by atoms with van der Waals surface area (Å²) < 4.78 is 25.7. The molecule has 1 saturated carbocycles. The van der Waals surface area contributed by atoms with E-state index in [1.54, 1.807) is 4.31 Å². The van der Waals surface area contributed by atoms with Crippen LogP contribution in [-0.4, -0.2) is 35.4 Å². The zero-order valence-electron chi connectivity index (χ0n) is 9.24. The highest BCUT2D eigenvalue weighted by molar-refractivity contribution is 9.09. The third kappa shape index (κ3) is 1.98. The molecule has 0 amide bonds. The third-order valence-corrected chi connectivity index (χ3v) is 7.60. The van der Waals surface area contributed by atoms with Gasteiger partial charge in [-0.15, -0.1) is 0 Å². The minimum Gasteiger partial charge on any atom is -0.212 e. The first-order valence-electron chi connectivity index (χ1n) is 5.50. The molecule has 1 saturated heterocycles. The zero-order valence-corrected chi connectivity index (χ0v) is 11.6. The SMILES string of the molecule is CC1CCN(S(=O)(=O)C2(C)CC2)CC1Br. The molecule has 0 N–H and O–H groups in total. The summed E-state index contributed by atoms with van der Waals surface area (Å²) in [5.74, 6) is 0.573. The van der Waals surface area contributed by atoms with Gasteiger partial charge >= 0.3 is 0 Å². The molecule has 15 heavy (non-hydrogen) atoms. The average molecular weight is 296 g/mol. The van der Waals surface area contributed by atoms with Crippen molar-refractivity contribution in [2.75, 3.05) is 13.1 Å². The van der Waals surface area contributed by atoms with Gasteiger partial charge in [0.2, 0.25) is 10.0 Å². The van der Waals surface area contributed by atoms with Crippen molar-refractivity contribution in [2.24, 2.45) is 5.92 Å². The number of halogens is 1. The lowest BCUT2D eigenvalue weighted by Crippen LogP contribution is -2.47. The van der Waals surface area contributed by atoms with Gasteiger partial charge in [-0.3, -0.25) is 0 Å². The van der Waals surface area contributed by atoms with Crippen LogP contribution < -0.4 is 0 Å². The van der Waals surface area contributed by atoms with Gasteiger partial charge < -0.3 is 0 Å². The summed E-state index contributed by atoms with van der Waals surface area (Å²) in [6.45, 7) is 5.37. The smallest absolute Gasteiger partial charge is 0.212 e. The maximum atomic E-state index is 12.2. The maximum Gasteiger partial charge on any atom is 0.219 e. The van der Waals surface area contributed by atoms with Crippen molar-refractivity contribution < 1.29 is 8.42 Å². The molecule has 1 heterocycles. The highest BCUT2D eigenvalue weighted by Crippen LogP contribution is 2.45. The summed E-state index contributed by atoms with van der Waals surface area (Å²) in [5, 5.41) is 0. The Labute approximate surface area is 100 Å². The van der Waals surface area contributed by atoms with Gasteiger partial charge in [0.1, 0.15) is 0 Å². The van der Waals surface area contributed by atoms with Crippen LogP contribution in [0.4, 0.5) is 0 Å². The van der Waals surface area contributed by atoms with E-state index in [0.717, 1.165) is 19.3 Å². The predicted molar refractivity (Wildman–Crippen MR) is 64.6 cm³/mol. The summed E-state index contributed by atoms with van der Waals surface area (Å²) in [5.41, 5.74) is 0. The van der Waals surface area contributed by atoms with E-state index in [1.807, 2.05) is 6.92 Å². The molecular formula is C10H18BrNO2S. The van der Waals surface area contributed by atoms with Crippen LogP contribution >= 0.6 is 15.9 Å². The second-order valence-corrected chi connectivity index (χ2v) is 8.72. The number of nitrogens with zero attached hydrogens (tertiary/aromatic N) is 1. The Morgan fingerprint density at radius 3 is 2.47 bits per heavy atom. The molecule has 0 spiro atoms. The van der Waals surface area contributed by atoms with Gasteiger partial charge in [0.25, 0.3) is 0 Å². The van der Waals surface area contributed by atoms with E-state index < -0.39 is 14.8 Å². The van der Waals surface area contributed by atoms with Crippen molar-refractivity contribution in [1.29, 1.82) is 0 Å². The van der Waals surface area contributed by atoms with Crippen molar-refractivity contribution in [3.8, 4) is 0 Å². The largest absolute Gasteiger partial charge is 0.219 e. The quantitative estimate of drug-likeness (QED) is 0.731. The number of sulfonamides is 1. The number of hydrogen-bond donors (Lipinski definition) is 0. The fourth-order valence-corrected chi connectivity index (χ4v) is 4.71. The molecule has 1 aliphatic carbocycles. The van der Waals surface area contributed by atoms with Gasteiger partial charge in [-0.1, -0.05) is 22.9 Å². The Kier molecular flexibility index (Phi) is 2.93. The van der Waals surface area contributed by atoms with E-state index in [2.05, 4.69) is 22.9 Å². The molecule has 0 aromatic rings. The Morgan fingerprint density at radius 1 is 1.40 bits per heavy atom. The molecule has 1 aliphatic heterocycles. The molecule has 2 atom stereocenters. The second kappa shape index (κ2) is 3.70. The highest BCUT2D eigenvalue weighted by atomic mass is 79.9. The standard InChI is InChI=1S/C10H18BrNO2S/c1-8-3-6-12(7-9(8)11)15(13,14)10(2)4-5-10/h8-9H,3-7H2,1-2H3. The zero-order chi connectivity index (χ0) is 11.3. The molecule has 0 radical (unpaired) electrons. The lowest BCUT2D eigenvalue weighted by atomic mass is 10.0. The van der Waals surface area contributed by atoms with E-state index in [0.29, 0.717) is 23.8 Å². The minimum atomic E-state index is -3.04. The van der Waals surface area contributed by atoms with Gasteiger partial charge in [0, 0.05) is 17.9 Å². The van der Waals surface area contributed by atoms with Crippen molar-refractivity contribution >= 4 is 26.0 Å². The van der Waals surface area contributed by atoms with Gasteiger partial charge in [-0.05, 0) is 32.1 Å². The lowest BCUT2D eigenvalue weighted by molar-refractivity contribution is 0.296. The molecular weight excluding hydrogens is 278 g/mol. The predicted octanol–water partition coefficient (Wildman–Crippen LogP) is 1.97. The van der Waals surface area contributed by atoms with Crippen LogP contribution in [0, 0.1) is 5.92 Å². The molecule has 2 unspecified atom stereocenters. The van der Waals surface area contributed by atoms with E-state index in [1.165, 1.54) is 0 Å². The van der Waals surface area contributed by atoms with Gasteiger partial charge in [-0.25, -0.2) is 12.7 Å². The molecule has 88 valence electrons. The summed E-state index contributed by atoms with van der Waals surface area (Å²) in [6, 6.07) is 0. The summed E-state index contributed by atoms with van der Waals surface area (Å²) in [7, 11) is -3.04. The van der Waals surface area contributed by atoms with Crippen LogP contribution in [0.25, 0.3) is 0 Å². The third-order valence-electron chi connectivity index (χ3n) is 3.75. The maximum absolute atomic E-state index is 12.2. The normalized spacial score (nSPS) is 36.5. The molecule has 2 aliphatic rings. The van der Waals surface area contributed by atoms with Crippen molar-refractivity contribution in [3.05, 3.63) is 0 Å². The topological polar surface area (TPSA) is 37.4 Å². The van der Waals surface area contributed by atoms with E-state index in [9.17, 15) is 8.42 Å². The van der Waals surface area contributed by atoms with Crippen LogP contribution in [0.5, 0.6) is 0 Å². The Hall–Kier alpha value is 0.390.